The fourth-order valence-corrected chi connectivity index (χ4v) is 3.55. The molecule has 21 heavy (non-hydrogen) atoms. The van der Waals surface area contributed by atoms with E-state index in [1.807, 2.05) is 24.3 Å². The summed E-state index contributed by atoms with van der Waals surface area (Å²) in [5.74, 6) is 0.231. The normalized spacial score (nSPS) is 21.2. The molecular weight excluding hydrogens is 328 g/mol. The third-order valence-electron chi connectivity index (χ3n) is 4.30. The van der Waals surface area contributed by atoms with Gasteiger partial charge < -0.3 is 4.90 Å². The van der Waals surface area contributed by atoms with Gasteiger partial charge in [-0.3, -0.25) is 9.69 Å². The molecule has 0 aromatic heterocycles. The lowest BCUT2D eigenvalue weighted by atomic mass is 10.1. The molecule has 3 nitrogen and oxygen atoms in total. The molecule has 1 aromatic rings. The number of carbonyl (C=O) groups is 1. The molecular formula is C17H25BrN2O. The van der Waals surface area contributed by atoms with Gasteiger partial charge in [-0.1, -0.05) is 41.1 Å². The maximum atomic E-state index is 12.4. The van der Waals surface area contributed by atoms with Crippen LogP contribution in [0, 0.1) is 0 Å². The molecule has 0 radical (unpaired) electrons. The van der Waals surface area contributed by atoms with Crippen LogP contribution in [0.3, 0.4) is 0 Å². The number of nitrogens with zero attached hydrogens (tertiary/aromatic N) is 2. The third-order valence-corrected chi connectivity index (χ3v) is 4.99. The lowest BCUT2D eigenvalue weighted by Crippen LogP contribution is -2.40. The van der Waals surface area contributed by atoms with Crippen LogP contribution in [0.1, 0.15) is 36.5 Å². The second-order valence-electron chi connectivity index (χ2n) is 5.87. The van der Waals surface area contributed by atoms with Crippen molar-refractivity contribution in [1.29, 1.82) is 0 Å². The van der Waals surface area contributed by atoms with E-state index in [0.717, 1.165) is 42.6 Å². The molecule has 1 unspecified atom stereocenters. The van der Waals surface area contributed by atoms with Gasteiger partial charge in [0.2, 0.25) is 0 Å². The molecule has 0 N–H and O–H groups in total. The van der Waals surface area contributed by atoms with Crippen LogP contribution in [-0.2, 0) is 0 Å². The van der Waals surface area contributed by atoms with Crippen molar-refractivity contribution in [3.63, 3.8) is 0 Å². The first kappa shape index (κ1) is 16.7. The summed E-state index contributed by atoms with van der Waals surface area (Å²) in [6.45, 7) is 6.48. The Kier molecular flexibility index (Phi) is 6.40. The topological polar surface area (TPSA) is 23.6 Å². The van der Waals surface area contributed by atoms with E-state index in [9.17, 15) is 4.79 Å². The third kappa shape index (κ3) is 4.63. The Bertz CT molecular complexity index is 478. The summed E-state index contributed by atoms with van der Waals surface area (Å²) in [5.41, 5.74) is 0.803. The first-order valence-corrected chi connectivity index (χ1v) is 8.61. The second-order valence-corrected chi connectivity index (χ2v) is 6.72. The average molecular weight is 353 g/mol. The summed E-state index contributed by atoms with van der Waals surface area (Å²) in [6, 6.07) is 8.28. The van der Waals surface area contributed by atoms with E-state index in [0.29, 0.717) is 12.5 Å². The highest BCUT2D eigenvalue weighted by Crippen LogP contribution is 2.19. The number of carbonyl (C=O) groups excluding carboxylic acids is 1. The maximum Gasteiger partial charge on any atom is 0.165 e. The van der Waals surface area contributed by atoms with Gasteiger partial charge in [0, 0.05) is 35.6 Å². The van der Waals surface area contributed by atoms with Crippen LogP contribution in [0.25, 0.3) is 0 Å². The molecule has 1 fully saturated rings. The molecule has 0 spiro atoms. The molecule has 1 saturated heterocycles. The number of hydrogen-bond acceptors (Lipinski definition) is 3. The molecule has 0 bridgehead atoms. The van der Waals surface area contributed by atoms with Crippen LogP contribution in [0.15, 0.2) is 28.7 Å². The lowest BCUT2D eigenvalue weighted by molar-refractivity contribution is 0.0947. The van der Waals surface area contributed by atoms with E-state index in [1.54, 1.807) is 0 Å². The molecule has 0 aliphatic carbocycles. The summed E-state index contributed by atoms with van der Waals surface area (Å²) in [4.78, 5) is 17.3. The Morgan fingerprint density at radius 3 is 2.81 bits per heavy atom. The van der Waals surface area contributed by atoms with E-state index in [2.05, 4.69) is 39.7 Å². The minimum atomic E-state index is 0.231. The van der Waals surface area contributed by atoms with Crippen LogP contribution in [0.2, 0.25) is 0 Å². The van der Waals surface area contributed by atoms with Gasteiger partial charge in [-0.25, -0.2) is 0 Å². The first-order valence-electron chi connectivity index (χ1n) is 7.82. The van der Waals surface area contributed by atoms with Gasteiger partial charge in [-0.2, -0.15) is 0 Å². The van der Waals surface area contributed by atoms with Crippen molar-refractivity contribution in [2.24, 2.45) is 0 Å². The molecule has 2 rings (SSSR count). The summed E-state index contributed by atoms with van der Waals surface area (Å²) in [7, 11) is 2.19. The Balaban J connectivity index is 1.95. The second kappa shape index (κ2) is 8.06. The Hall–Kier alpha value is -0.710. The predicted molar refractivity (Wildman–Crippen MR) is 90.9 cm³/mol. The van der Waals surface area contributed by atoms with E-state index in [-0.39, 0.29) is 5.78 Å². The van der Waals surface area contributed by atoms with E-state index in [4.69, 9.17) is 0 Å². The average Bonchev–Trinajstić information content (AvgIpc) is 2.66. The van der Waals surface area contributed by atoms with Crippen LogP contribution in [0.5, 0.6) is 0 Å². The van der Waals surface area contributed by atoms with Gasteiger partial charge in [0.05, 0.1) is 0 Å². The number of Topliss-reactive ketones (excluding diaryl/α,β-unsaturated/α-hetero) is 1. The minimum Gasteiger partial charge on any atom is -0.305 e. The molecule has 0 amide bonds. The lowest BCUT2D eigenvalue weighted by Gasteiger charge is -2.29. The van der Waals surface area contributed by atoms with Crippen molar-refractivity contribution in [1.82, 2.24) is 9.80 Å². The highest BCUT2D eigenvalue weighted by atomic mass is 79.9. The molecule has 0 saturated carbocycles. The van der Waals surface area contributed by atoms with Crippen LogP contribution >= 0.6 is 15.9 Å². The van der Waals surface area contributed by atoms with E-state index < -0.39 is 0 Å². The predicted octanol–water partition coefficient (Wildman–Crippen LogP) is 3.44. The van der Waals surface area contributed by atoms with Crippen molar-refractivity contribution in [3.8, 4) is 0 Å². The largest absolute Gasteiger partial charge is 0.305 e. The van der Waals surface area contributed by atoms with E-state index >= 15 is 0 Å². The van der Waals surface area contributed by atoms with Crippen molar-refractivity contribution in [2.75, 3.05) is 33.2 Å². The number of ketones is 1. The number of likely N-dealkylation sites (N-methyl/N-ethyl adjacent to an activating group) is 1. The molecule has 1 heterocycles. The monoisotopic (exact) mass is 352 g/mol. The molecule has 1 aromatic carbocycles. The summed E-state index contributed by atoms with van der Waals surface area (Å²) in [5, 5.41) is 0. The van der Waals surface area contributed by atoms with Crippen LogP contribution in [-0.4, -0.2) is 54.9 Å². The first-order chi connectivity index (χ1) is 10.1. The van der Waals surface area contributed by atoms with Crippen LogP contribution < -0.4 is 0 Å². The highest BCUT2D eigenvalue weighted by Gasteiger charge is 2.22. The number of rotatable bonds is 5. The minimum absolute atomic E-state index is 0.231. The summed E-state index contributed by atoms with van der Waals surface area (Å²) in [6.07, 6.45) is 2.94. The molecule has 1 atom stereocenters. The molecule has 1 aliphatic heterocycles. The maximum absolute atomic E-state index is 12.4. The van der Waals surface area contributed by atoms with Gasteiger partial charge >= 0.3 is 0 Å². The van der Waals surface area contributed by atoms with Gasteiger partial charge in [-0.15, -0.1) is 0 Å². The SMILES string of the molecule is CCC1CN(C)CCCN1CCC(=O)c1ccccc1Br. The zero-order chi connectivity index (χ0) is 15.2. The summed E-state index contributed by atoms with van der Waals surface area (Å²) >= 11 is 3.47. The fourth-order valence-electron chi connectivity index (χ4n) is 3.04. The van der Waals surface area contributed by atoms with Crippen molar-refractivity contribution in [3.05, 3.63) is 34.3 Å². The molecule has 4 heteroatoms. The number of hydrogen-bond donors (Lipinski definition) is 0. The van der Waals surface area contributed by atoms with Gasteiger partial charge in [0.1, 0.15) is 0 Å². The fraction of sp³-hybridized carbons (Fsp3) is 0.588. The zero-order valence-electron chi connectivity index (χ0n) is 13.0. The molecule has 1 aliphatic rings. The Morgan fingerprint density at radius 1 is 1.33 bits per heavy atom. The molecule has 116 valence electrons. The van der Waals surface area contributed by atoms with E-state index in [1.165, 1.54) is 6.42 Å². The standard InChI is InChI=1S/C17H25BrN2O/c1-3-14-13-19(2)10-6-11-20(14)12-9-17(21)15-7-4-5-8-16(15)18/h4-5,7-8,14H,3,6,9-13H2,1-2H3. The quantitative estimate of drug-likeness (QED) is 0.758. The number of halogens is 1. The van der Waals surface area contributed by atoms with Crippen molar-refractivity contribution < 1.29 is 4.79 Å². The Morgan fingerprint density at radius 2 is 2.10 bits per heavy atom. The summed E-state index contributed by atoms with van der Waals surface area (Å²) < 4.78 is 0.901. The Labute approximate surface area is 136 Å². The van der Waals surface area contributed by atoms with Crippen LogP contribution in [0.4, 0.5) is 0 Å². The van der Waals surface area contributed by atoms with Gasteiger partial charge in [-0.05, 0) is 39.0 Å². The van der Waals surface area contributed by atoms with Crippen molar-refractivity contribution in [2.45, 2.75) is 32.2 Å². The smallest absolute Gasteiger partial charge is 0.165 e. The zero-order valence-corrected chi connectivity index (χ0v) is 14.6. The number of benzene rings is 1. The highest BCUT2D eigenvalue weighted by molar-refractivity contribution is 9.10. The van der Waals surface area contributed by atoms with Gasteiger partial charge in [0.15, 0.2) is 5.78 Å². The van der Waals surface area contributed by atoms with Gasteiger partial charge in [0.25, 0.3) is 0 Å². The van der Waals surface area contributed by atoms with Crippen molar-refractivity contribution >= 4 is 21.7 Å².